The summed E-state index contributed by atoms with van der Waals surface area (Å²) in [5.74, 6) is -2.60. The SMILES string of the molecule is C#C[C@@H](O)CC(=O)[C@@H](C)/C=C(\C)C[C@@H](O)[C@]1(O)O[C@@H](C[C@@H](O)CC[C@@H](O)[C@@H](CCCC)OC(=O)[C@H](C)[C@@H](O)C=C)CC[C@H]1O. The molecule has 0 amide bonds. The van der Waals surface area contributed by atoms with Gasteiger partial charge in [0.25, 0.3) is 0 Å². The monoisotopic (exact) mass is 626 g/mol. The number of unbranched alkanes of at least 4 members (excludes halogenated alkanes) is 1. The number of aliphatic hydroxyl groups excluding tert-OH is 6. The molecule has 1 aliphatic heterocycles. The molecule has 11 atom stereocenters. The van der Waals surface area contributed by atoms with Gasteiger partial charge in [0.15, 0.2) is 0 Å². The highest BCUT2D eigenvalue weighted by molar-refractivity contribution is 5.83. The highest BCUT2D eigenvalue weighted by atomic mass is 16.7. The molecule has 0 bridgehead atoms. The zero-order valence-electron chi connectivity index (χ0n) is 26.5. The van der Waals surface area contributed by atoms with E-state index in [-0.39, 0.29) is 44.3 Å². The van der Waals surface area contributed by atoms with E-state index in [2.05, 4.69) is 12.5 Å². The molecule has 0 radical (unpaired) electrons. The average molecular weight is 627 g/mol. The Morgan fingerprint density at radius 2 is 1.77 bits per heavy atom. The van der Waals surface area contributed by atoms with Gasteiger partial charge >= 0.3 is 5.97 Å². The van der Waals surface area contributed by atoms with Crippen LogP contribution in [0.25, 0.3) is 0 Å². The number of rotatable bonds is 20. The van der Waals surface area contributed by atoms with Crippen molar-refractivity contribution in [2.75, 3.05) is 0 Å². The fourth-order valence-corrected chi connectivity index (χ4v) is 5.20. The third-order valence-corrected chi connectivity index (χ3v) is 8.21. The van der Waals surface area contributed by atoms with E-state index in [4.69, 9.17) is 15.9 Å². The van der Waals surface area contributed by atoms with Crippen LogP contribution in [0.3, 0.4) is 0 Å². The van der Waals surface area contributed by atoms with Crippen molar-refractivity contribution in [1.82, 2.24) is 0 Å². The number of ketones is 1. The largest absolute Gasteiger partial charge is 0.459 e. The lowest BCUT2D eigenvalue weighted by Crippen LogP contribution is -2.59. The molecule has 0 unspecified atom stereocenters. The second-order valence-corrected chi connectivity index (χ2v) is 12.1. The maximum atomic E-state index is 12.5. The molecule has 0 aromatic carbocycles. The predicted molar refractivity (Wildman–Crippen MR) is 164 cm³/mol. The van der Waals surface area contributed by atoms with E-state index >= 15 is 0 Å². The minimum Gasteiger partial charge on any atom is -0.459 e. The van der Waals surface area contributed by atoms with Crippen LogP contribution in [0, 0.1) is 24.2 Å². The van der Waals surface area contributed by atoms with Crippen LogP contribution in [0.1, 0.15) is 91.9 Å². The number of aliphatic hydroxyl groups is 7. The van der Waals surface area contributed by atoms with Crippen LogP contribution in [0.2, 0.25) is 0 Å². The van der Waals surface area contributed by atoms with Crippen LogP contribution in [0.5, 0.6) is 0 Å². The van der Waals surface area contributed by atoms with Crippen LogP contribution < -0.4 is 0 Å². The van der Waals surface area contributed by atoms with Crippen molar-refractivity contribution in [3.63, 3.8) is 0 Å². The van der Waals surface area contributed by atoms with Crippen LogP contribution >= 0.6 is 0 Å². The molecular formula is C33H54O11. The first-order valence-electron chi connectivity index (χ1n) is 15.6. The van der Waals surface area contributed by atoms with Crippen molar-refractivity contribution >= 4 is 11.8 Å². The Labute approximate surface area is 261 Å². The van der Waals surface area contributed by atoms with E-state index in [1.807, 2.05) is 6.92 Å². The maximum absolute atomic E-state index is 12.5. The van der Waals surface area contributed by atoms with E-state index in [9.17, 15) is 45.3 Å². The van der Waals surface area contributed by atoms with Crippen LogP contribution in [0.4, 0.5) is 0 Å². The first-order valence-corrected chi connectivity index (χ1v) is 15.6. The zero-order chi connectivity index (χ0) is 33.6. The summed E-state index contributed by atoms with van der Waals surface area (Å²) in [6.45, 7) is 10.2. The quantitative estimate of drug-likeness (QED) is 0.0590. The molecule has 11 nitrogen and oxygen atoms in total. The van der Waals surface area contributed by atoms with E-state index in [1.165, 1.54) is 13.0 Å². The summed E-state index contributed by atoms with van der Waals surface area (Å²) in [5.41, 5.74) is 0.556. The second-order valence-electron chi connectivity index (χ2n) is 12.1. The Morgan fingerprint density at radius 3 is 2.36 bits per heavy atom. The number of esters is 1. The number of allylic oxidation sites excluding steroid dienone is 1. The van der Waals surface area contributed by atoms with Gasteiger partial charge in [0.1, 0.15) is 30.2 Å². The number of hydrogen-bond acceptors (Lipinski definition) is 11. The van der Waals surface area contributed by atoms with E-state index in [0.717, 1.165) is 6.42 Å². The number of carbonyl (C=O) groups excluding carboxylic acids is 2. The second kappa shape index (κ2) is 19.4. The summed E-state index contributed by atoms with van der Waals surface area (Å²) < 4.78 is 11.2. The molecule has 0 spiro atoms. The summed E-state index contributed by atoms with van der Waals surface area (Å²) in [7, 11) is 0. The van der Waals surface area contributed by atoms with E-state index in [0.29, 0.717) is 24.8 Å². The van der Waals surface area contributed by atoms with Gasteiger partial charge in [-0.05, 0) is 65.2 Å². The smallest absolute Gasteiger partial charge is 0.311 e. The highest BCUT2D eigenvalue weighted by Gasteiger charge is 2.49. The highest BCUT2D eigenvalue weighted by Crippen LogP contribution is 2.34. The number of ether oxygens (including phenoxy) is 2. The molecule has 0 aliphatic carbocycles. The molecule has 0 aromatic rings. The Bertz CT molecular complexity index is 975. The lowest BCUT2D eigenvalue weighted by atomic mass is 9.88. The van der Waals surface area contributed by atoms with Crippen LogP contribution in [-0.4, -0.2) is 102 Å². The third kappa shape index (κ3) is 12.7. The summed E-state index contributed by atoms with van der Waals surface area (Å²) in [5, 5.41) is 73.4. The third-order valence-electron chi connectivity index (χ3n) is 8.21. The molecule has 0 saturated carbocycles. The Balaban J connectivity index is 2.76. The van der Waals surface area contributed by atoms with Crippen molar-refractivity contribution in [2.45, 2.75) is 147 Å². The molecule has 252 valence electrons. The van der Waals surface area contributed by atoms with Crippen molar-refractivity contribution < 1.29 is 54.8 Å². The number of terminal acetylenes is 1. The molecule has 11 heteroatoms. The van der Waals surface area contributed by atoms with E-state index in [1.54, 1.807) is 19.9 Å². The van der Waals surface area contributed by atoms with Gasteiger partial charge in [0, 0.05) is 12.3 Å². The lowest BCUT2D eigenvalue weighted by Gasteiger charge is -2.44. The average Bonchev–Trinajstić information content (AvgIpc) is 2.98. The van der Waals surface area contributed by atoms with Gasteiger partial charge in [-0.3, -0.25) is 9.59 Å². The summed E-state index contributed by atoms with van der Waals surface area (Å²) >= 11 is 0. The lowest BCUT2D eigenvalue weighted by molar-refractivity contribution is -0.337. The number of carbonyl (C=O) groups is 2. The molecule has 1 rings (SSSR count). The normalized spacial score (nSPS) is 26.3. The van der Waals surface area contributed by atoms with Gasteiger partial charge in [-0.25, -0.2) is 0 Å². The molecule has 44 heavy (non-hydrogen) atoms. The van der Waals surface area contributed by atoms with E-state index < -0.39 is 72.4 Å². The van der Waals surface area contributed by atoms with Crippen LogP contribution in [0.15, 0.2) is 24.3 Å². The van der Waals surface area contributed by atoms with Gasteiger partial charge < -0.3 is 45.2 Å². The first-order chi connectivity index (χ1) is 20.6. The molecule has 7 N–H and O–H groups in total. The van der Waals surface area contributed by atoms with Gasteiger partial charge in [0.05, 0.1) is 30.3 Å². The summed E-state index contributed by atoms with van der Waals surface area (Å²) in [6, 6.07) is 0. The fourth-order valence-electron chi connectivity index (χ4n) is 5.20. The minimum absolute atomic E-state index is 0.0638. The molecular weight excluding hydrogens is 572 g/mol. The molecule has 1 saturated heterocycles. The Hall–Kier alpha value is -2.14. The first kappa shape index (κ1) is 39.9. The van der Waals surface area contributed by atoms with Gasteiger partial charge in [-0.1, -0.05) is 43.9 Å². The summed E-state index contributed by atoms with van der Waals surface area (Å²) in [4.78, 5) is 24.7. The van der Waals surface area contributed by atoms with Crippen molar-refractivity contribution in [3.8, 4) is 12.3 Å². The van der Waals surface area contributed by atoms with Gasteiger partial charge in [-0.15, -0.1) is 13.0 Å². The molecule has 1 heterocycles. The fraction of sp³-hybridized carbons (Fsp3) is 0.758. The van der Waals surface area contributed by atoms with Crippen molar-refractivity contribution in [1.29, 1.82) is 0 Å². The topological polar surface area (TPSA) is 194 Å². The Morgan fingerprint density at radius 1 is 1.11 bits per heavy atom. The maximum Gasteiger partial charge on any atom is 0.311 e. The van der Waals surface area contributed by atoms with Crippen LogP contribution in [-0.2, 0) is 19.1 Å². The number of Topliss-reactive ketones (excluding diaryl/α,β-unsaturated/α-hetero) is 1. The molecule has 1 aliphatic rings. The molecule has 1 fully saturated rings. The molecule has 0 aromatic heterocycles. The zero-order valence-corrected chi connectivity index (χ0v) is 26.5. The van der Waals surface area contributed by atoms with Crippen molar-refractivity contribution in [2.24, 2.45) is 11.8 Å². The predicted octanol–water partition coefficient (Wildman–Crippen LogP) is 1.68. The summed E-state index contributed by atoms with van der Waals surface area (Å²) in [6.07, 6.45) is 1.59. The Kier molecular flexibility index (Phi) is 17.6. The van der Waals surface area contributed by atoms with Crippen molar-refractivity contribution in [3.05, 3.63) is 24.3 Å². The van der Waals surface area contributed by atoms with Gasteiger partial charge in [0.2, 0.25) is 5.79 Å². The number of hydrogen-bond donors (Lipinski definition) is 7. The minimum atomic E-state index is -2.31. The standard InChI is InChI=1S/C33H54O11/c1-7-10-11-29(43-32(41)22(6)26(36)9-3)27(37)14-12-24(35)18-25-13-15-30(39)33(42,44-25)31(40)17-20(4)16-21(5)28(38)19-23(34)8-2/h2,9,16,21-27,29-31,34-37,39-40,42H,3,7,10-15,17-19H2,1,4-6H3/b20-16+/t21-,22+,23+,24-,25+,26-,27+,29+,30+,31+,33+/m0/s1. The van der Waals surface area contributed by atoms with Gasteiger partial charge in [-0.2, -0.15) is 0 Å².